The Morgan fingerprint density at radius 2 is 2.22 bits per heavy atom. The second-order valence-corrected chi connectivity index (χ2v) is 6.54. The standard InChI is InChI=1S/C13H14Br2ClNO/c14-9-3-4-11(12(15)8-9)13(18)17-7-1-2-10(17)5-6-16/h3-4,8,10H,1-2,5-7H2. The molecule has 1 aromatic carbocycles. The van der Waals surface area contributed by atoms with E-state index in [0.29, 0.717) is 11.9 Å². The summed E-state index contributed by atoms with van der Waals surface area (Å²) in [6, 6.07) is 5.95. The first kappa shape index (κ1) is 14.4. The van der Waals surface area contributed by atoms with Gasteiger partial charge in [-0.15, -0.1) is 11.6 Å². The summed E-state index contributed by atoms with van der Waals surface area (Å²) in [4.78, 5) is 14.5. The van der Waals surface area contributed by atoms with Crippen molar-refractivity contribution in [2.24, 2.45) is 0 Å². The molecule has 0 N–H and O–H groups in total. The number of hydrogen-bond acceptors (Lipinski definition) is 1. The van der Waals surface area contributed by atoms with Crippen molar-refractivity contribution in [1.29, 1.82) is 0 Å². The van der Waals surface area contributed by atoms with Crippen molar-refractivity contribution < 1.29 is 4.79 Å². The van der Waals surface area contributed by atoms with E-state index in [1.165, 1.54) is 0 Å². The Balaban J connectivity index is 2.20. The first-order valence-electron chi connectivity index (χ1n) is 5.95. The molecule has 0 radical (unpaired) electrons. The summed E-state index contributed by atoms with van der Waals surface area (Å²) >= 11 is 12.6. The Morgan fingerprint density at radius 1 is 1.44 bits per heavy atom. The molecule has 0 aliphatic carbocycles. The third-order valence-electron chi connectivity index (χ3n) is 3.24. The molecule has 18 heavy (non-hydrogen) atoms. The maximum Gasteiger partial charge on any atom is 0.255 e. The molecule has 1 aliphatic heterocycles. The van der Waals surface area contributed by atoms with Crippen LogP contribution in [-0.4, -0.2) is 29.3 Å². The lowest BCUT2D eigenvalue weighted by Crippen LogP contribution is -2.35. The lowest BCUT2D eigenvalue weighted by molar-refractivity contribution is 0.0733. The van der Waals surface area contributed by atoms with Crippen molar-refractivity contribution in [3.63, 3.8) is 0 Å². The van der Waals surface area contributed by atoms with Crippen LogP contribution >= 0.6 is 43.5 Å². The number of carbonyl (C=O) groups excluding carboxylic acids is 1. The summed E-state index contributed by atoms with van der Waals surface area (Å²) in [5.41, 5.74) is 0.722. The smallest absolute Gasteiger partial charge is 0.255 e. The highest BCUT2D eigenvalue weighted by atomic mass is 79.9. The van der Waals surface area contributed by atoms with Gasteiger partial charge in [0.2, 0.25) is 0 Å². The van der Waals surface area contributed by atoms with E-state index >= 15 is 0 Å². The Labute approximate surface area is 129 Å². The van der Waals surface area contributed by atoms with Gasteiger partial charge in [-0.1, -0.05) is 15.9 Å². The van der Waals surface area contributed by atoms with Crippen molar-refractivity contribution in [2.75, 3.05) is 12.4 Å². The average molecular weight is 396 g/mol. The molecule has 1 aromatic rings. The maximum absolute atomic E-state index is 12.5. The molecule has 1 amide bonds. The molecule has 0 spiro atoms. The van der Waals surface area contributed by atoms with Gasteiger partial charge in [0, 0.05) is 27.4 Å². The highest BCUT2D eigenvalue weighted by Crippen LogP contribution is 2.27. The minimum atomic E-state index is 0.0991. The largest absolute Gasteiger partial charge is 0.336 e. The second kappa shape index (κ2) is 6.40. The van der Waals surface area contributed by atoms with E-state index in [1.54, 1.807) is 0 Å². The van der Waals surface area contributed by atoms with Gasteiger partial charge < -0.3 is 4.90 Å². The fraction of sp³-hybridized carbons (Fsp3) is 0.462. The third-order valence-corrected chi connectivity index (χ3v) is 4.61. The molecule has 0 saturated carbocycles. The molecular weight excluding hydrogens is 381 g/mol. The summed E-state index contributed by atoms with van der Waals surface area (Å²) in [5.74, 6) is 0.706. The second-order valence-electron chi connectivity index (χ2n) is 4.40. The van der Waals surface area contributed by atoms with Crippen LogP contribution in [0.5, 0.6) is 0 Å². The maximum atomic E-state index is 12.5. The molecule has 1 saturated heterocycles. The summed E-state index contributed by atoms with van der Waals surface area (Å²) < 4.78 is 1.79. The lowest BCUT2D eigenvalue weighted by Gasteiger charge is -2.24. The Morgan fingerprint density at radius 3 is 2.89 bits per heavy atom. The van der Waals surface area contributed by atoms with E-state index in [0.717, 1.165) is 40.3 Å². The van der Waals surface area contributed by atoms with Crippen molar-refractivity contribution in [3.8, 4) is 0 Å². The molecule has 0 bridgehead atoms. The first-order chi connectivity index (χ1) is 8.63. The van der Waals surface area contributed by atoms with Gasteiger partial charge in [-0.3, -0.25) is 4.79 Å². The molecule has 1 aliphatic rings. The van der Waals surface area contributed by atoms with Crippen LogP contribution in [0.2, 0.25) is 0 Å². The van der Waals surface area contributed by atoms with E-state index < -0.39 is 0 Å². The van der Waals surface area contributed by atoms with Gasteiger partial charge in [0.25, 0.3) is 5.91 Å². The predicted molar refractivity (Wildman–Crippen MR) is 81.2 cm³/mol. The Kier molecular flexibility index (Phi) is 5.10. The molecule has 1 heterocycles. The highest BCUT2D eigenvalue weighted by molar-refractivity contribution is 9.11. The van der Waals surface area contributed by atoms with Crippen LogP contribution < -0.4 is 0 Å². The SMILES string of the molecule is O=C(c1ccc(Br)cc1Br)N1CCCC1CCCl. The number of halogens is 3. The van der Waals surface area contributed by atoms with Gasteiger partial charge >= 0.3 is 0 Å². The number of carbonyl (C=O) groups is 1. The molecule has 0 aromatic heterocycles. The van der Waals surface area contributed by atoms with Crippen molar-refractivity contribution >= 4 is 49.4 Å². The number of benzene rings is 1. The zero-order valence-corrected chi connectivity index (χ0v) is 13.8. The topological polar surface area (TPSA) is 20.3 Å². The van der Waals surface area contributed by atoms with E-state index in [2.05, 4.69) is 31.9 Å². The molecular formula is C13H14Br2ClNO. The molecule has 1 atom stereocenters. The van der Waals surface area contributed by atoms with Crippen LogP contribution in [0.15, 0.2) is 27.1 Å². The zero-order valence-electron chi connectivity index (χ0n) is 9.83. The van der Waals surface area contributed by atoms with E-state index in [-0.39, 0.29) is 5.91 Å². The molecule has 1 fully saturated rings. The van der Waals surface area contributed by atoms with Crippen molar-refractivity contribution in [2.45, 2.75) is 25.3 Å². The van der Waals surface area contributed by atoms with Crippen molar-refractivity contribution in [3.05, 3.63) is 32.7 Å². The zero-order chi connectivity index (χ0) is 13.1. The van der Waals surface area contributed by atoms with Crippen LogP contribution in [0.1, 0.15) is 29.6 Å². The molecule has 1 unspecified atom stereocenters. The Bertz CT molecular complexity index is 453. The van der Waals surface area contributed by atoms with Gasteiger partial charge in [0.05, 0.1) is 5.56 Å². The van der Waals surface area contributed by atoms with Gasteiger partial charge in [-0.05, 0) is 53.4 Å². The fourth-order valence-corrected chi connectivity index (χ4v) is 3.82. The average Bonchev–Trinajstić information content (AvgIpc) is 2.77. The molecule has 98 valence electrons. The molecule has 5 heteroatoms. The van der Waals surface area contributed by atoms with Gasteiger partial charge in [0.15, 0.2) is 0 Å². The molecule has 2 nitrogen and oxygen atoms in total. The summed E-state index contributed by atoms with van der Waals surface area (Å²) in [5, 5.41) is 0. The number of likely N-dealkylation sites (tertiary alicyclic amines) is 1. The van der Waals surface area contributed by atoms with Crippen LogP contribution in [0.3, 0.4) is 0 Å². The van der Waals surface area contributed by atoms with Crippen LogP contribution in [0, 0.1) is 0 Å². The van der Waals surface area contributed by atoms with E-state index in [9.17, 15) is 4.79 Å². The number of amides is 1. The lowest BCUT2D eigenvalue weighted by atomic mass is 10.1. The minimum absolute atomic E-state index is 0.0991. The minimum Gasteiger partial charge on any atom is -0.336 e. The number of rotatable bonds is 3. The molecule has 2 rings (SSSR count). The van der Waals surface area contributed by atoms with Crippen LogP contribution in [-0.2, 0) is 0 Å². The monoisotopic (exact) mass is 393 g/mol. The Hall–Kier alpha value is -0.0600. The fourth-order valence-electron chi connectivity index (χ4n) is 2.35. The van der Waals surface area contributed by atoms with Gasteiger partial charge in [0.1, 0.15) is 0 Å². The summed E-state index contributed by atoms with van der Waals surface area (Å²) in [7, 11) is 0. The van der Waals surface area contributed by atoms with E-state index in [1.807, 2.05) is 23.1 Å². The first-order valence-corrected chi connectivity index (χ1v) is 8.07. The summed E-state index contributed by atoms with van der Waals surface area (Å²) in [6.07, 6.45) is 3.01. The summed E-state index contributed by atoms with van der Waals surface area (Å²) in [6.45, 7) is 0.836. The quantitative estimate of drug-likeness (QED) is 0.693. The number of hydrogen-bond donors (Lipinski definition) is 0. The van der Waals surface area contributed by atoms with Crippen molar-refractivity contribution in [1.82, 2.24) is 4.90 Å². The third kappa shape index (κ3) is 3.09. The normalized spacial score (nSPS) is 19.3. The highest BCUT2D eigenvalue weighted by Gasteiger charge is 2.29. The number of alkyl halides is 1. The van der Waals surface area contributed by atoms with Crippen LogP contribution in [0.25, 0.3) is 0 Å². The van der Waals surface area contributed by atoms with Gasteiger partial charge in [-0.2, -0.15) is 0 Å². The van der Waals surface area contributed by atoms with E-state index in [4.69, 9.17) is 11.6 Å². The van der Waals surface area contributed by atoms with Crippen LogP contribution in [0.4, 0.5) is 0 Å². The van der Waals surface area contributed by atoms with Gasteiger partial charge in [-0.25, -0.2) is 0 Å². The number of nitrogens with zero attached hydrogens (tertiary/aromatic N) is 1. The predicted octanol–water partition coefficient (Wildman–Crippen LogP) is 4.45.